The molecule has 25 heavy (non-hydrogen) atoms. The number of fused-ring (bicyclic) bond motifs is 4. The Labute approximate surface area is 147 Å². The molecule has 0 spiro atoms. The van der Waals surface area contributed by atoms with Crippen molar-refractivity contribution < 1.29 is 0 Å². The van der Waals surface area contributed by atoms with Crippen LogP contribution in [0.15, 0.2) is 78.9 Å². The molecule has 0 saturated carbocycles. The van der Waals surface area contributed by atoms with E-state index in [1.807, 2.05) is 6.07 Å². The average Bonchev–Trinajstić information content (AvgIpc) is 2.93. The van der Waals surface area contributed by atoms with Crippen molar-refractivity contribution in [1.29, 1.82) is 0 Å². The van der Waals surface area contributed by atoms with Crippen LogP contribution in [0.25, 0.3) is 33.8 Å². The van der Waals surface area contributed by atoms with E-state index < -0.39 is 0 Å². The Kier molecular flexibility index (Phi) is 3.07. The van der Waals surface area contributed by atoms with Crippen molar-refractivity contribution in [3.63, 3.8) is 0 Å². The highest BCUT2D eigenvalue weighted by atomic mass is 14.7. The van der Waals surface area contributed by atoms with E-state index in [1.54, 1.807) is 0 Å². The van der Waals surface area contributed by atoms with E-state index in [4.69, 9.17) is 4.98 Å². The molecule has 0 atom stereocenters. The first-order valence-corrected chi connectivity index (χ1v) is 8.58. The molecule has 0 N–H and O–H groups in total. The van der Waals surface area contributed by atoms with Crippen LogP contribution in [-0.4, -0.2) is 4.98 Å². The van der Waals surface area contributed by atoms with Gasteiger partial charge in [-0.05, 0) is 41.8 Å². The lowest BCUT2D eigenvalue weighted by atomic mass is 9.99. The number of nitrogens with zero attached hydrogens (tertiary/aromatic N) is 1. The lowest BCUT2D eigenvalue weighted by molar-refractivity contribution is 1.39. The number of para-hydroxylation sites is 1. The summed E-state index contributed by atoms with van der Waals surface area (Å²) in [7, 11) is 0. The van der Waals surface area contributed by atoms with Gasteiger partial charge in [0.15, 0.2) is 0 Å². The zero-order chi connectivity index (χ0) is 16.8. The summed E-state index contributed by atoms with van der Waals surface area (Å²) in [4.78, 5) is 4.98. The number of benzene rings is 3. The molecular weight excluding hydrogens is 302 g/mol. The molecular formula is C24H17N. The number of aromatic nitrogens is 1. The summed E-state index contributed by atoms with van der Waals surface area (Å²) >= 11 is 0. The van der Waals surface area contributed by atoms with Gasteiger partial charge in [-0.1, -0.05) is 72.3 Å². The van der Waals surface area contributed by atoms with E-state index >= 15 is 0 Å². The Morgan fingerprint density at radius 2 is 1.52 bits per heavy atom. The fourth-order valence-electron chi connectivity index (χ4n) is 3.63. The van der Waals surface area contributed by atoms with Crippen LogP contribution in [0.2, 0.25) is 0 Å². The molecule has 0 unspecified atom stereocenters. The minimum absolute atomic E-state index is 1.05. The average molecular weight is 319 g/mol. The van der Waals surface area contributed by atoms with Gasteiger partial charge in [0, 0.05) is 16.5 Å². The first kappa shape index (κ1) is 14.2. The molecule has 0 amide bonds. The molecule has 1 nitrogen and oxygen atoms in total. The van der Waals surface area contributed by atoms with E-state index in [2.05, 4.69) is 85.8 Å². The predicted octanol–water partition coefficient (Wildman–Crippen LogP) is 6.11. The van der Waals surface area contributed by atoms with Crippen LogP contribution in [-0.2, 0) is 0 Å². The Balaban J connectivity index is 1.84. The van der Waals surface area contributed by atoms with Gasteiger partial charge < -0.3 is 0 Å². The number of rotatable bonds is 1. The normalized spacial score (nSPS) is 13.9. The van der Waals surface area contributed by atoms with Gasteiger partial charge in [0.2, 0.25) is 0 Å². The smallest absolute Gasteiger partial charge is 0.0794 e. The van der Waals surface area contributed by atoms with E-state index in [1.165, 1.54) is 38.8 Å². The highest BCUT2D eigenvalue weighted by Gasteiger charge is 2.25. The molecule has 0 fully saturated rings. The van der Waals surface area contributed by atoms with Crippen LogP contribution in [0.5, 0.6) is 0 Å². The summed E-state index contributed by atoms with van der Waals surface area (Å²) < 4.78 is 0. The van der Waals surface area contributed by atoms with Crippen molar-refractivity contribution in [3.05, 3.63) is 101 Å². The number of pyridine rings is 1. The molecule has 0 saturated heterocycles. The quantitative estimate of drug-likeness (QED) is 0.363. The van der Waals surface area contributed by atoms with Gasteiger partial charge >= 0.3 is 0 Å². The maximum atomic E-state index is 4.98. The van der Waals surface area contributed by atoms with Crippen molar-refractivity contribution in [2.45, 2.75) is 6.92 Å². The standard InChI is InChI=1S/C24H17N/c1-16-11-12-19-20(13-16)21(14-17-7-3-2-4-8-17)22-15-18-9-5-6-10-23(18)25-24(19)22/h2-15H,1H3. The zero-order valence-corrected chi connectivity index (χ0v) is 14.0. The third kappa shape index (κ3) is 2.28. The summed E-state index contributed by atoms with van der Waals surface area (Å²) in [6.45, 7) is 2.15. The molecule has 3 aromatic carbocycles. The Morgan fingerprint density at radius 1 is 0.720 bits per heavy atom. The van der Waals surface area contributed by atoms with Crippen molar-refractivity contribution in [2.75, 3.05) is 0 Å². The largest absolute Gasteiger partial charge is 0.247 e. The molecule has 0 aliphatic heterocycles. The molecule has 1 aliphatic rings. The molecule has 1 aromatic heterocycles. The van der Waals surface area contributed by atoms with E-state index in [0.717, 1.165) is 11.2 Å². The zero-order valence-electron chi connectivity index (χ0n) is 14.0. The number of aryl methyl sites for hydroxylation is 1. The van der Waals surface area contributed by atoms with Gasteiger partial charge in [0.05, 0.1) is 11.2 Å². The van der Waals surface area contributed by atoms with Crippen LogP contribution >= 0.6 is 0 Å². The van der Waals surface area contributed by atoms with Crippen molar-refractivity contribution in [1.82, 2.24) is 4.98 Å². The lowest BCUT2D eigenvalue weighted by Gasteiger charge is -2.05. The van der Waals surface area contributed by atoms with Gasteiger partial charge in [0.25, 0.3) is 0 Å². The molecule has 118 valence electrons. The van der Waals surface area contributed by atoms with Crippen LogP contribution < -0.4 is 0 Å². The SMILES string of the molecule is Cc1ccc2c(c1)C(=Cc1ccccc1)c1cc3ccccc3nc1-2. The fraction of sp³-hybridized carbons (Fsp3) is 0.0417. The van der Waals surface area contributed by atoms with Crippen LogP contribution in [0.1, 0.15) is 22.3 Å². The second-order valence-corrected chi connectivity index (χ2v) is 6.59. The Morgan fingerprint density at radius 3 is 2.40 bits per heavy atom. The third-order valence-corrected chi connectivity index (χ3v) is 4.85. The minimum Gasteiger partial charge on any atom is -0.247 e. The van der Waals surface area contributed by atoms with Crippen molar-refractivity contribution in [3.8, 4) is 11.3 Å². The minimum atomic E-state index is 1.05. The Hall–Kier alpha value is -3.19. The summed E-state index contributed by atoms with van der Waals surface area (Å²) in [5.74, 6) is 0. The summed E-state index contributed by atoms with van der Waals surface area (Å²) in [5, 5.41) is 1.18. The van der Waals surface area contributed by atoms with E-state index in [0.29, 0.717) is 0 Å². The molecule has 0 radical (unpaired) electrons. The van der Waals surface area contributed by atoms with E-state index in [9.17, 15) is 0 Å². The summed E-state index contributed by atoms with van der Waals surface area (Å²) in [6, 6.07) is 27.8. The molecule has 1 heterocycles. The molecule has 4 aromatic rings. The number of hydrogen-bond donors (Lipinski definition) is 0. The van der Waals surface area contributed by atoms with Gasteiger partial charge in [-0.3, -0.25) is 0 Å². The summed E-state index contributed by atoms with van der Waals surface area (Å²) in [6.07, 6.45) is 2.28. The Bertz CT molecular complexity index is 1140. The topological polar surface area (TPSA) is 12.9 Å². The van der Waals surface area contributed by atoms with Crippen LogP contribution in [0, 0.1) is 6.92 Å². The van der Waals surface area contributed by atoms with Gasteiger partial charge in [-0.15, -0.1) is 0 Å². The van der Waals surface area contributed by atoms with Crippen molar-refractivity contribution in [2.24, 2.45) is 0 Å². The second-order valence-electron chi connectivity index (χ2n) is 6.59. The first-order valence-electron chi connectivity index (χ1n) is 8.58. The van der Waals surface area contributed by atoms with Crippen LogP contribution in [0.3, 0.4) is 0 Å². The highest BCUT2D eigenvalue weighted by molar-refractivity contribution is 6.07. The molecule has 0 bridgehead atoms. The number of hydrogen-bond acceptors (Lipinski definition) is 1. The van der Waals surface area contributed by atoms with Gasteiger partial charge in [0.1, 0.15) is 0 Å². The van der Waals surface area contributed by atoms with E-state index in [-0.39, 0.29) is 0 Å². The lowest BCUT2D eigenvalue weighted by Crippen LogP contribution is -1.87. The maximum absolute atomic E-state index is 4.98. The highest BCUT2D eigenvalue weighted by Crippen LogP contribution is 2.45. The second kappa shape index (κ2) is 5.42. The van der Waals surface area contributed by atoms with Gasteiger partial charge in [-0.2, -0.15) is 0 Å². The predicted molar refractivity (Wildman–Crippen MR) is 105 cm³/mol. The fourth-order valence-corrected chi connectivity index (χ4v) is 3.63. The van der Waals surface area contributed by atoms with Crippen LogP contribution in [0.4, 0.5) is 0 Å². The van der Waals surface area contributed by atoms with Crippen molar-refractivity contribution >= 4 is 22.6 Å². The monoisotopic (exact) mass is 319 g/mol. The molecule has 1 heteroatoms. The molecule has 1 aliphatic carbocycles. The summed E-state index contributed by atoms with van der Waals surface area (Å²) in [5.41, 5.74) is 9.63. The molecule has 5 rings (SSSR count). The van der Waals surface area contributed by atoms with Gasteiger partial charge in [-0.25, -0.2) is 4.98 Å². The maximum Gasteiger partial charge on any atom is 0.0794 e. The first-order chi connectivity index (χ1) is 12.3. The third-order valence-electron chi connectivity index (χ3n) is 4.85.